The van der Waals surface area contributed by atoms with Crippen LogP contribution in [0.15, 0.2) is 10.9 Å². The molecule has 0 spiro atoms. The number of rotatable bonds is 4. The largest absolute Gasteiger partial charge is 0.339 e. The van der Waals surface area contributed by atoms with Crippen molar-refractivity contribution in [3.63, 3.8) is 0 Å². The average Bonchev–Trinajstić information content (AvgIpc) is 3.03. The van der Waals surface area contributed by atoms with E-state index in [9.17, 15) is 4.79 Å². The molecule has 1 N–H and O–H groups in total. The Balaban J connectivity index is 1.71. The maximum Gasteiger partial charge on any atom is 0.270 e. The minimum absolute atomic E-state index is 0.193. The third-order valence-corrected chi connectivity index (χ3v) is 3.45. The summed E-state index contributed by atoms with van der Waals surface area (Å²) < 4.78 is 6.90. The number of hydrogen-bond donors (Lipinski definition) is 1. The van der Waals surface area contributed by atoms with Gasteiger partial charge in [-0.15, -0.1) is 0 Å². The summed E-state index contributed by atoms with van der Waals surface area (Å²) in [5.74, 6) is 1.44. The van der Waals surface area contributed by atoms with Crippen LogP contribution in [0.2, 0.25) is 0 Å². The van der Waals surface area contributed by atoms with Crippen LogP contribution in [0, 0.1) is 6.92 Å². The summed E-state index contributed by atoms with van der Waals surface area (Å²) in [6.07, 6.45) is 3.86. The molecule has 2 aromatic rings. The second-order valence-electron chi connectivity index (χ2n) is 5.25. The van der Waals surface area contributed by atoms with E-state index in [-0.39, 0.29) is 11.9 Å². The van der Waals surface area contributed by atoms with Gasteiger partial charge in [0.2, 0.25) is 5.89 Å². The lowest BCUT2D eigenvalue weighted by atomic mass is 10.2. The van der Waals surface area contributed by atoms with E-state index < -0.39 is 0 Å². The summed E-state index contributed by atoms with van der Waals surface area (Å²) in [7, 11) is 1.79. The van der Waals surface area contributed by atoms with Crippen LogP contribution < -0.4 is 5.32 Å². The quantitative estimate of drug-likeness (QED) is 0.913. The summed E-state index contributed by atoms with van der Waals surface area (Å²) >= 11 is 0. The van der Waals surface area contributed by atoms with Gasteiger partial charge in [0.1, 0.15) is 11.7 Å². The van der Waals surface area contributed by atoms with Crippen molar-refractivity contribution in [1.82, 2.24) is 25.0 Å². The molecule has 0 saturated heterocycles. The predicted molar refractivity (Wildman–Crippen MR) is 70.1 cm³/mol. The standard InChI is InChI=1S/C13H17N5O2/c1-7-10(18(3)6-14-7)12(19)15-8(2)13-16-11(17-20-13)9-4-5-9/h6,8-9H,4-5H2,1-3H3,(H,15,19)/t8-/m0/s1. The fourth-order valence-electron chi connectivity index (χ4n) is 2.13. The molecule has 0 unspecified atom stereocenters. The molecule has 2 heterocycles. The lowest BCUT2D eigenvalue weighted by Gasteiger charge is -2.10. The van der Waals surface area contributed by atoms with E-state index in [1.807, 2.05) is 6.92 Å². The first-order chi connectivity index (χ1) is 9.56. The van der Waals surface area contributed by atoms with Crippen LogP contribution in [0.25, 0.3) is 0 Å². The monoisotopic (exact) mass is 275 g/mol. The van der Waals surface area contributed by atoms with E-state index >= 15 is 0 Å². The van der Waals surface area contributed by atoms with Gasteiger partial charge in [0, 0.05) is 13.0 Å². The first kappa shape index (κ1) is 12.8. The predicted octanol–water partition coefficient (Wildman–Crippen LogP) is 1.48. The number of amides is 1. The fraction of sp³-hybridized carbons (Fsp3) is 0.538. The molecule has 0 aromatic carbocycles. The molecule has 3 rings (SSSR count). The molecule has 2 aromatic heterocycles. The summed E-state index contributed by atoms with van der Waals surface area (Å²) in [4.78, 5) is 20.7. The third-order valence-electron chi connectivity index (χ3n) is 3.45. The number of carbonyl (C=O) groups is 1. The Hall–Kier alpha value is -2.18. The van der Waals surface area contributed by atoms with Crippen molar-refractivity contribution in [3.05, 3.63) is 29.4 Å². The van der Waals surface area contributed by atoms with E-state index in [4.69, 9.17) is 4.52 Å². The van der Waals surface area contributed by atoms with Crippen LogP contribution in [-0.2, 0) is 7.05 Å². The zero-order valence-corrected chi connectivity index (χ0v) is 11.8. The molecule has 1 fully saturated rings. The smallest absolute Gasteiger partial charge is 0.270 e. The molecule has 1 aliphatic carbocycles. The molecule has 1 amide bonds. The number of aromatic nitrogens is 4. The lowest BCUT2D eigenvalue weighted by molar-refractivity contribution is 0.0923. The molecule has 7 heteroatoms. The average molecular weight is 275 g/mol. The molecular weight excluding hydrogens is 258 g/mol. The van der Waals surface area contributed by atoms with Crippen LogP contribution in [-0.4, -0.2) is 25.6 Å². The molecule has 20 heavy (non-hydrogen) atoms. The van der Waals surface area contributed by atoms with E-state index in [1.54, 1.807) is 24.9 Å². The first-order valence-electron chi connectivity index (χ1n) is 6.68. The van der Waals surface area contributed by atoms with Crippen LogP contribution >= 0.6 is 0 Å². The number of aryl methyl sites for hydroxylation is 2. The summed E-state index contributed by atoms with van der Waals surface area (Å²) in [5, 5.41) is 6.81. The van der Waals surface area contributed by atoms with Crippen molar-refractivity contribution in [3.8, 4) is 0 Å². The van der Waals surface area contributed by atoms with Gasteiger partial charge in [-0.1, -0.05) is 5.16 Å². The van der Waals surface area contributed by atoms with Gasteiger partial charge in [0.05, 0.1) is 12.0 Å². The van der Waals surface area contributed by atoms with E-state index in [2.05, 4.69) is 20.4 Å². The van der Waals surface area contributed by atoms with E-state index in [0.717, 1.165) is 18.7 Å². The van der Waals surface area contributed by atoms with Gasteiger partial charge in [-0.2, -0.15) is 4.98 Å². The Kier molecular flexibility index (Phi) is 3.04. The van der Waals surface area contributed by atoms with Crippen LogP contribution in [0.5, 0.6) is 0 Å². The molecule has 106 valence electrons. The molecule has 0 radical (unpaired) electrons. The molecule has 1 saturated carbocycles. The van der Waals surface area contributed by atoms with Crippen molar-refractivity contribution in [2.45, 2.75) is 38.6 Å². The second-order valence-corrected chi connectivity index (χ2v) is 5.25. The zero-order chi connectivity index (χ0) is 14.3. The van der Waals surface area contributed by atoms with Gasteiger partial charge < -0.3 is 14.4 Å². The molecular formula is C13H17N5O2. The normalized spacial score (nSPS) is 16.1. The van der Waals surface area contributed by atoms with Crippen LogP contribution in [0.4, 0.5) is 0 Å². The maximum atomic E-state index is 12.2. The Morgan fingerprint density at radius 2 is 2.30 bits per heavy atom. The van der Waals surface area contributed by atoms with Gasteiger partial charge >= 0.3 is 0 Å². The highest BCUT2D eigenvalue weighted by atomic mass is 16.5. The Morgan fingerprint density at radius 1 is 1.55 bits per heavy atom. The number of nitrogens with zero attached hydrogens (tertiary/aromatic N) is 4. The highest BCUT2D eigenvalue weighted by Gasteiger charge is 2.30. The second kappa shape index (κ2) is 4.73. The minimum atomic E-state index is -0.322. The van der Waals surface area contributed by atoms with Crippen molar-refractivity contribution >= 4 is 5.91 Å². The fourth-order valence-corrected chi connectivity index (χ4v) is 2.13. The molecule has 7 nitrogen and oxygen atoms in total. The highest BCUT2D eigenvalue weighted by Crippen LogP contribution is 2.38. The van der Waals surface area contributed by atoms with Gasteiger partial charge in [0.25, 0.3) is 5.91 Å². The van der Waals surface area contributed by atoms with Crippen molar-refractivity contribution < 1.29 is 9.32 Å². The number of nitrogens with one attached hydrogen (secondary N) is 1. The van der Waals surface area contributed by atoms with Crippen molar-refractivity contribution in [2.24, 2.45) is 7.05 Å². The molecule has 1 aliphatic rings. The Labute approximate surface area is 116 Å². The number of imidazole rings is 1. The van der Waals surface area contributed by atoms with Gasteiger partial charge in [-0.3, -0.25) is 4.79 Å². The SMILES string of the molecule is Cc1ncn(C)c1C(=O)N[C@@H](C)c1nc(C2CC2)no1. The first-order valence-corrected chi connectivity index (χ1v) is 6.68. The summed E-state index contributed by atoms with van der Waals surface area (Å²) in [5.41, 5.74) is 1.24. The number of hydrogen-bond acceptors (Lipinski definition) is 5. The topological polar surface area (TPSA) is 85.8 Å². The zero-order valence-electron chi connectivity index (χ0n) is 11.8. The molecule has 1 atom stereocenters. The lowest BCUT2D eigenvalue weighted by Crippen LogP contribution is -2.29. The summed E-state index contributed by atoms with van der Waals surface area (Å²) in [6, 6.07) is -0.322. The number of carbonyl (C=O) groups excluding carboxylic acids is 1. The Morgan fingerprint density at radius 3 is 2.90 bits per heavy atom. The van der Waals surface area contributed by atoms with Gasteiger partial charge in [-0.05, 0) is 26.7 Å². The highest BCUT2D eigenvalue weighted by molar-refractivity contribution is 5.93. The molecule has 0 aliphatic heterocycles. The maximum absolute atomic E-state index is 12.2. The minimum Gasteiger partial charge on any atom is -0.339 e. The van der Waals surface area contributed by atoms with Crippen LogP contribution in [0.3, 0.4) is 0 Å². The van der Waals surface area contributed by atoms with E-state index in [0.29, 0.717) is 23.2 Å². The Bertz CT molecular complexity index is 621. The van der Waals surface area contributed by atoms with Crippen LogP contribution in [0.1, 0.15) is 59.6 Å². The van der Waals surface area contributed by atoms with Gasteiger partial charge in [-0.25, -0.2) is 4.98 Å². The third kappa shape index (κ3) is 2.31. The summed E-state index contributed by atoms with van der Waals surface area (Å²) in [6.45, 7) is 3.63. The van der Waals surface area contributed by atoms with E-state index in [1.165, 1.54) is 0 Å². The van der Waals surface area contributed by atoms with Gasteiger partial charge in [0.15, 0.2) is 5.82 Å². The molecule has 0 bridgehead atoms. The van der Waals surface area contributed by atoms with Crippen molar-refractivity contribution in [1.29, 1.82) is 0 Å². The van der Waals surface area contributed by atoms with Crippen molar-refractivity contribution in [2.75, 3.05) is 0 Å².